The number of likely N-dealkylation sites (N-methyl/N-ethyl adjacent to an activating group) is 5. The van der Waals surface area contributed by atoms with Crippen LogP contribution in [-0.4, -0.2) is 214 Å². The van der Waals surface area contributed by atoms with Gasteiger partial charge in [-0.25, -0.2) is 0 Å². The lowest BCUT2D eigenvalue weighted by atomic mass is 9.84. The van der Waals surface area contributed by atoms with Gasteiger partial charge in [-0.15, -0.1) is 0 Å². The van der Waals surface area contributed by atoms with Crippen LogP contribution in [0.3, 0.4) is 0 Å². The van der Waals surface area contributed by atoms with Crippen LogP contribution >= 0.6 is 11.6 Å². The molecule has 93 heavy (non-hydrogen) atoms. The summed E-state index contributed by atoms with van der Waals surface area (Å²) in [6, 6.07) is -8.04. The number of carbonyl (C=O) groups is 11. The molecule has 0 aromatic heterocycles. The van der Waals surface area contributed by atoms with Crippen LogP contribution in [0.2, 0.25) is 5.02 Å². The highest BCUT2D eigenvalue weighted by Gasteiger charge is 2.51. The summed E-state index contributed by atoms with van der Waals surface area (Å²) in [6.45, 7) is 15.8. The predicted octanol–water partition coefficient (Wildman–Crippen LogP) is 6.08. The van der Waals surface area contributed by atoms with Gasteiger partial charge in [0.2, 0.25) is 65.0 Å². The lowest BCUT2D eigenvalue weighted by molar-refractivity contribution is -0.161. The molecule has 1 aromatic carbocycles. The molecule has 6 rings (SSSR count). The zero-order chi connectivity index (χ0) is 69.3. The molecule has 1 aromatic rings. The fourth-order valence-electron chi connectivity index (χ4n) is 14.0. The van der Waals surface area contributed by atoms with E-state index in [1.807, 2.05) is 20.8 Å². The third kappa shape index (κ3) is 17.9. The molecule has 520 valence electrons. The first-order valence-corrected chi connectivity index (χ1v) is 34.0. The van der Waals surface area contributed by atoms with Crippen molar-refractivity contribution < 1.29 is 65.9 Å². The summed E-state index contributed by atoms with van der Waals surface area (Å²) in [6.07, 6.45) is 2.30. The second-order valence-corrected chi connectivity index (χ2v) is 28.3. The van der Waals surface area contributed by atoms with Crippen molar-refractivity contribution in [2.75, 3.05) is 48.3 Å². The molecule has 4 N–H and O–H groups in total. The number of alkyl halides is 3. The van der Waals surface area contributed by atoms with Crippen LogP contribution in [-0.2, 0) is 65.3 Å². The summed E-state index contributed by atoms with van der Waals surface area (Å²) in [7, 11) is 7.32. The smallest absolute Gasteiger partial charge is 0.351 e. The van der Waals surface area contributed by atoms with E-state index in [9.17, 15) is 51.5 Å². The van der Waals surface area contributed by atoms with E-state index in [1.54, 1.807) is 27.7 Å². The molecule has 22 nitrogen and oxygen atoms in total. The second kappa shape index (κ2) is 32.3. The molecule has 0 bridgehead atoms. The minimum absolute atomic E-state index is 0.0272. The summed E-state index contributed by atoms with van der Waals surface area (Å²) in [5, 5.41) is 11.0. The number of aryl methyl sites for hydroxylation is 1. The number of hydrogen-bond donors (Lipinski definition) is 4. The molecular formula is C67H103ClF3N11O11. The number of halogens is 4. The molecule has 11 atom stereocenters. The number of nitrogens with zero attached hydrogens (tertiary/aromatic N) is 7. The summed E-state index contributed by atoms with van der Waals surface area (Å²) >= 11 is 6.15. The Hall–Kier alpha value is -6.53. The third-order valence-electron chi connectivity index (χ3n) is 20.5. The molecule has 5 aliphatic rings. The van der Waals surface area contributed by atoms with Crippen LogP contribution in [0.15, 0.2) is 18.2 Å². The number of benzene rings is 1. The quantitative estimate of drug-likeness (QED) is 0.209. The standard InChI is InChI=1S/C67H103ClF3N11O11/c1-15-40(6)54-64(92)79(13)51(34-38(2)3)63(91)82-33-29-50(82)61(89)78(12)52(37-44-22-17-16-18-23-44)62(90)77(11)43(9)56(84)73-48(28-26-45-25-27-46(47(68)36-45)67(69,70)71)60(88)81-32-21-24-49(81)58(86)75-66(30-19-20-31-66)65(93)80(14)55(39(4)5)59(87)72-41(7)35-53(83)76(10)42(8)57(85)74-54/h25,27,36,38-44,48-52,54-55H,15-24,26,28-35,37H2,1-14H3,(H,72,87)(H,73,84)(H,74,85)(H,75,86)/t40-,41+,42-,43+,48-,49-,50-,51-,52-,54-,55-/m0/s1. The summed E-state index contributed by atoms with van der Waals surface area (Å²) in [5.74, 6) is -7.60. The minimum atomic E-state index is -4.75. The number of fused-ring (bicyclic) bond motifs is 2. The van der Waals surface area contributed by atoms with Crippen molar-refractivity contribution in [3.8, 4) is 0 Å². The van der Waals surface area contributed by atoms with Crippen molar-refractivity contribution in [2.45, 2.75) is 250 Å². The van der Waals surface area contributed by atoms with Crippen molar-refractivity contribution in [2.24, 2.45) is 23.7 Å². The van der Waals surface area contributed by atoms with Gasteiger partial charge >= 0.3 is 6.18 Å². The molecule has 0 radical (unpaired) electrons. The van der Waals surface area contributed by atoms with E-state index in [0.717, 1.165) is 44.2 Å². The van der Waals surface area contributed by atoms with Crippen molar-refractivity contribution in [3.63, 3.8) is 0 Å². The minimum Gasteiger partial charge on any atom is -0.351 e. The van der Waals surface area contributed by atoms with Crippen LogP contribution in [0, 0.1) is 23.7 Å². The number of nitrogens with one attached hydrogen (secondary N) is 4. The molecule has 1 spiro atoms. The Labute approximate surface area is 552 Å². The molecule has 2 saturated carbocycles. The first-order valence-electron chi connectivity index (χ1n) is 33.6. The van der Waals surface area contributed by atoms with Crippen molar-refractivity contribution >= 4 is 76.6 Å². The van der Waals surface area contributed by atoms with Crippen molar-refractivity contribution in [1.82, 2.24) is 55.6 Å². The van der Waals surface area contributed by atoms with Gasteiger partial charge in [-0.3, -0.25) is 52.7 Å². The molecule has 2 aliphatic carbocycles. The van der Waals surface area contributed by atoms with Crippen molar-refractivity contribution in [3.05, 3.63) is 34.3 Å². The van der Waals surface area contributed by atoms with E-state index in [-0.39, 0.29) is 82.7 Å². The maximum atomic E-state index is 15.2. The van der Waals surface area contributed by atoms with E-state index in [0.29, 0.717) is 31.2 Å². The zero-order valence-corrected chi connectivity index (χ0v) is 57.8. The second-order valence-electron chi connectivity index (χ2n) is 27.9. The fourth-order valence-corrected chi connectivity index (χ4v) is 14.3. The van der Waals surface area contributed by atoms with E-state index in [1.165, 1.54) is 89.5 Å². The van der Waals surface area contributed by atoms with Crippen LogP contribution in [0.1, 0.15) is 183 Å². The average Bonchev–Trinajstić information content (AvgIpc) is 1.79. The molecule has 26 heteroatoms. The van der Waals surface area contributed by atoms with Crippen LogP contribution in [0.25, 0.3) is 0 Å². The van der Waals surface area contributed by atoms with E-state index in [2.05, 4.69) is 21.3 Å². The van der Waals surface area contributed by atoms with Gasteiger partial charge in [0, 0.05) is 60.8 Å². The van der Waals surface area contributed by atoms with Gasteiger partial charge in [-0.1, -0.05) is 111 Å². The van der Waals surface area contributed by atoms with Gasteiger partial charge in [0.05, 0.1) is 10.6 Å². The van der Waals surface area contributed by atoms with Crippen LogP contribution in [0.5, 0.6) is 0 Å². The van der Waals surface area contributed by atoms with Crippen LogP contribution < -0.4 is 21.3 Å². The molecule has 5 fully saturated rings. The highest BCUT2D eigenvalue weighted by molar-refractivity contribution is 6.31. The summed E-state index contributed by atoms with van der Waals surface area (Å²) < 4.78 is 41.5. The third-order valence-corrected chi connectivity index (χ3v) is 20.8. The van der Waals surface area contributed by atoms with Gasteiger partial charge in [0.1, 0.15) is 59.9 Å². The Bertz CT molecular complexity index is 2900. The van der Waals surface area contributed by atoms with Crippen molar-refractivity contribution in [1.29, 1.82) is 0 Å². The molecule has 3 heterocycles. The molecule has 3 aliphatic heterocycles. The molecule has 0 unspecified atom stereocenters. The predicted molar refractivity (Wildman–Crippen MR) is 344 cm³/mol. The first-order chi connectivity index (χ1) is 43.6. The normalized spacial score (nSPS) is 28.7. The number of hydrogen-bond acceptors (Lipinski definition) is 11. The number of amides is 11. The molecular weight excluding hydrogens is 1230 g/mol. The lowest BCUT2D eigenvalue weighted by Crippen LogP contribution is -2.65. The van der Waals surface area contributed by atoms with E-state index >= 15 is 14.4 Å². The maximum Gasteiger partial charge on any atom is 0.417 e. The topological polar surface area (TPSA) is 259 Å². The SMILES string of the molecule is CC[C@H](C)[C@@H]1NC(=O)[C@H](C)N(C)C(=O)C[C@@H](C)NC(=O)[C@H](C(C)C)N(C)C(=O)C2(CCCC2)NC(=O)[C@@H]2CCCN2C(=O)[C@H](CCc2ccc(C(F)(F)F)c(Cl)c2)NC(=O)[C@@H](C)N(C)C(=O)[C@H](CC2CCCCC2)N(C)C(=O)[C@@H]2CCN2C(=O)[C@H](CC(C)C)N(C)C1=O. The van der Waals surface area contributed by atoms with Gasteiger partial charge in [0.25, 0.3) is 0 Å². The zero-order valence-electron chi connectivity index (χ0n) is 57.1. The highest BCUT2D eigenvalue weighted by Crippen LogP contribution is 2.37. The summed E-state index contributed by atoms with van der Waals surface area (Å²) in [5.41, 5.74) is -2.25. The Kier molecular flexibility index (Phi) is 26.2. The lowest BCUT2D eigenvalue weighted by Gasteiger charge is -2.46. The first kappa shape index (κ1) is 75.5. The monoisotopic (exact) mass is 1330 g/mol. The number of carbonyl (C=O) groups excluding carboxylic acids is 11. The average molecular weight is 1330 g/mol. The largest absolute Gasteiger partial charge is 0.417 e. The Morgan fingerprint density at radius 3 is 1.78 bits per heavy atom. The Morgan fingerprint density at radius 2 is 1.22 bits per heavy atom. The van der Waals surface area contributed by atoms with E-state index < -0.39 is 160 Å². The molecule has 11 amide bonds. The van der Waals surface area contributed by atoms with Gasteiger partial charge in [-0.05, 0) is 120 Å². The fraction of sp³-hybridized carbons (Fsp3) is 0.746. The number of rotatable bonds is 10. The van der Waals surface area contributed by atoms with E-state index in [4.69, 9.17) is 11.6 Å². The summed E-state index contributed by atoms with van der Waals surface area (Å²) in [4.78, 5) is 171. The molecule has 3 saturated heterocycles. The van der Waals surface area contributed by atoms with Gasteiger partial charge in [-0.2, -0.15) is 13.2 Å². The Morgan fingerprint density at radius 1 is 0.613 bits per heavy atom. The maximum absolute atomic E-state index is 15.2. The Balaban J connectivity index is 1.40. The van der Waals surface area contributed by atoms with Gasteiger partial charge < -0.3 is 55.6 Å². The van der Waals surface area contributed by atoms with Crippen LogP contribution in [0.4, 0.5) is 13.2 Å². The van der Waals surface area contributed by atoms with Gasteiger partial charge in [0.15, 0.2) is 0 Å². The highest BCUT2D eigenvalue weighted by atomic mass is 35.5.